The fraction of sp³-hybridized carbons (Fsp3) is 0.176. The molecule has 25 heavy (non-hydrogen) atoms. The highest BCUT2D eigenvalue weighted by Gasteiger charge is 2.09. The molecule has 0 unspecified atom stereocenters. The second-order valence-electron chi connectivity index (χ2n) is 5.70. The van der Waals surface area contributed by atoms with Crippen molar-refractivity contribution in [1.82, 2.24) is 24.6 Å². The van der Waals surface area contributed by atoms with Gasteiger partial charge in [-0.2, -0.15) is 0 Å². The normalized spacial score (nSPS) is 11.3. The summed E-state index contributed by atoms with van der Waals surface area (Å²) in [6.07, 6.45) is 1.82. The number of aromatic nitrogens is 5. The van der Waals surface area contributed by atoms with Crippen LogP contribution in [-0.2, 0) is 5.75 Å². The van der Waals surface area contributed by atoms with E-state index in [4.69, 9.17) is 0 Å². The highest BCUT2D eigenvalue weighted by Crippen LogP contribution is 2.22. The quantitative estimate of drug-likeness (QED) is 0.558. The van der Waals surface area contributed by atoms with Gasteiger partial charge in [0.15, 0.2) is 10.8 Å². The fourth-order valence-corrected chi connectivity index (χ4v) is 4.04. The summed E-state index contributed by atoms with van der Waals surface area (Å²) in [5, 5.41) is 7.85. The lowest BCUT2D eigenvalue weighted by Gasteiger charge is -1.98. The summed E-state index contributed by atoms with van der Waals surface area (Å²) in [6.45, 7) is 4.01. The largest absolute Gasteiger partial charge is 0.269 e. The van der Waals surface area contributed by atoms with Gasteiger partial charge < -0.3 is 0 Å². The van der Waals surface area contributed by atoms with Crippen molar-refractivity contribution in [2.24, 2.45) is 0 Å². The number of H-pyrrole nitrogens is 1. The van der Waals surface area contributed by atoms with Gasteiger partial charge in [0.1, 0.15) is 0 Å². The van der Waals surface area contributed by atoms with Gasteiger partial charge in [-0.3, -0.25) is 14.3 Å². The van der Waals surface area contributed by atoms with Crippen molar-refractivity contribution in [3.8, 4) is 11.4 Å². The first-order chi connectivity index (χ1) is 12.1. The van der Waals surface area contributed by atoms with Gasteiger partial charge in [-0.1, -0.05) is 35.5 Å². The number of benzene rings is 1. The van der Waals surface area contributed by atoms with Gasteiger partial charge in [0.05, 0.1) is 5.69 Å². The molecule has 0 aliphatic rings. The summed E-state index contributed by atoms with van der Waals surface area (Å²) < 4.78 is 1.58. The van der Waals surface area contributed by atoms with Gasteiger partial charge in [-0.25, -0.2) is 9.97 Å². The Morgan fingerprint density at radius 1 is 1.24 bits per heavy atom. The summed E-state index contributed by atoms with van der Waals surface area (Å²) in [6, 6.07) is 9.67. The van der Waals surface area contributed by atoms with E-state index in [1.165, 1.54) is 28.7 Å². The molecule has 0 atom stereocenters. The molecule has 4 rings (SSSR count). The summed E-state index contributed by atoms with van der Waals surface area (Å²) in [7, 11) is 0. The molecule has 3 heterocycles. The zero-order valence-corrected chi connectivity index (χ0v) is 15.3. The molecule has 0 saturated heterocycles. The molecule has 0 bridgehead atoms. The van der Waals surface area contributed by atoms with Gasteiger partial charge in [-0.15, -0.1) is 16.4 Å². The molecule has 0 fully saturated rings. The highest BCUT2D eigenvalue weighted by atomic mass is 32.2. The van der Waals surface area contributed by atoms with Crippen LogP contribution < -0.4 is 5.56 Å². The summed E-state index contributed by atoms with van der Waals surface area (Å²) in [5.74, 6) is 1.29. The van der Waals surface area contributed by atoms with E-state index >= 15 is 0 Å². The number of thiazole rings is 1. The van der Waals surface area contributed by atoms with Gasteiger partial charge >= 0.3 is 0 Å². The highest BCUT2D eigenvalue weighted by molar-refractivity contribution is 7.98. The first-order valence-electron chi connectivity index (χ1n) is 7.69. The first-order valence-corrected chi connectivity index (χ1v) is 9.50. The molecule has 6 nitrogen and oxygen atoms in total. The molecule has 0 aliphatic carbocycles. The lowest BCUT2D eigenvalue weighted by molar-refractivity contribution is 0.969. The zero-order valence-electron chi connectivity index (χ0n) is 13.7. The number of hydrogen-bond donors (Lipinski definition) is 1. The van der Waals surface area contributed by atoms with Crippen LogP contribution in [0.15, 0.2) is 46.5 Å². The lowest BCUT2D eigenvalue weighted by atomic mass is 10.1. The zero-order chi connectivity index (χ0) is 17.4. The maximum atomic E-state index is 12.1. The number of thioether (sulfide) groups is 1. The fourth-order valence-electron chi connectivity index (χ4n) is 2.50. The van der Waals surface area contributed by atoms with Crippen LogP contribution in [0.5, 0.6) is 0 Å². The molecule has 8 heteroatoms. The Morgan fingerprint density at radius 2 is 2.12 bits per heavy atom. The Balaban J connectivity index is 1.53. The smallest absolute Gasteiger partial charge is 0.258 e. The topological polar surface area (TPSA) is 75.9 Å². The number of nitrogens with zero attached hydrogens (tertiary/aromatic N) is 4. The monoisotopic (exact) mass is 369 g/mol. The summed E-state index contributed by atoms with van der Waals surface area (Å²) >= 11 is 2.97. The molecule has 0 radical (unpaired) electrons. The first kappa shape index (κ1) is 16.0. The Bertz CT molecular complexity index is 1110. The Kier molecular flexibility index (Phi) is 4.14. The minimum absolute atomic E-state index is 0.0552. The predicted octanol–water partition coefficient (Wildman–Crippen LogP) is 3.45. The second-order valence-corrected chi connectivity index (χ2v) is 7.86. The molecule has 0 saturated carbocycles. The standard InChI is InChI=1S/C17H15N5OS2/c1-10-4-3-5-12(6-10)15-19-16(21-20-15)24-9-13-7-14(23)22-8-11(2)25-17(22)18-13/h3-8H,9H2,1-2H3,(H,19,20,21). The molecular weight excluding hydrogens is 354 g/mol. The van der Waals surface area contributed by atoms with E-state index in [1.807, 2.05) is 38.2 Å². The van der Waals surface area contributed by atoms with Crippen molar-refractivity contribution in [2.75, 3.05) is 0 Å². The number of aryl methyl sites for hydroxylation is 2. The van der Waals surface area contributed by atoms with Crippen molar-refractivity contribution in [3.05, 3.63) is 63.0 Å². The molecule has 126 valence electrons. The third kappa shape index (κ3) is 3.35. The van der Waals surface area contributed by atoms with Gasteiger partial charge in [0.2, 0.25) is 5.16 Å². The number of fused-ring (bicyclic) bond motifs is 1. The minimum atomic E-state index is -0.0552. The van der Waals surface area contributed by atoms with Crippen LogP contribution in [0.3, 0.4) is 0 Å². The van der Waals surface area contributed by atoms with E-state index in [2.05, 4.69) is 26.2 Å². The lowest BCUT2D eigenvalue weighted by Crippen LogP contribution is -2.12. The molecule has 1 N–H and O–H groups in total. The van der Waals surface area contributed by atoms with Crippen LogP contribution >= 0.6 is 23.1 Å². The van der Waals surface area contributed by atoms with E-state index < -0.39 is 0 Å². The minimum Gasteiger partial charge on any atom is -0.269 e. The molecule has 0 aliphatic heterocycles. The van der Waals surface area contributed by atoms with E-state index in [-0.39, 0.29) is 5.56 Å². The van der Waals surface area contributed by atoms with E-state index in [1.54, 1.807) is 10.5 Å². The van der Waals surface area contributed by atoms with Crippen LogP contribution in [0.2, 0.25) is 0 Å². The Hall–Kier alpha value is -2.45. The van der Waals surface area contributed by atoms with E-state index in [0.29, 0.717) is 10.9 Å². The van der Waals surface area contributed by atoms with E-state index in [0.717, 1.165) is 26.9 Å². The Morgan fingerprint density at radius 3 is 2.96 bits per heavy atom. The molecular formula is C17H15N5OS2. The number of rotatable bonds is 4. The van der Waals surface area contributed by atoms with Crippen molar-refractivity contribution in [1.29, 1.82) is 0 Å². The SMILES string of the molecule is Cc1cccc(-c2nc(SCc3cc(=O)n4cc(C)sc4n3)n[nH]2)c1. The summed E-state index contributed by atoms with van der Waals surface area (Å²) in [5.41, 5.74) is 2.86. The predicted molar refractivity (Wildman–Crippen MR) is 100 cm³/mol. The van der Waals surface area contributed by atoms with Crippen LogP contribution in [0.4, 0.5) is 0 Å². The molecule has 0 spiro atoms. The van der Waals surface area contributed by atoms with Crippen molar-refractivity contribution >= 4 is 28.1 Å². The number of aromatic amines is 1. The van der Waals surface area contributed by atoms with Crippen molar-refractivity contribution < 1.29 is 0 Å². The molecule has 1 aromatic carbocycles. The number of hydrogen-bond acceptors (Lipinski definition) is 6. The van der Waals surface area contributed by atoms with Gasteiger partial charge in [0, 0.05) is 28.5 Å². The van der Waals surface area contributed by atoms with Gasteiger partial charge in [0.25, 0.3) is 5.56 Å². The van der Waals surface area contributed by atoms with Crippen molar-refractivity contribution in [2.45, 2.75) is 24.8 Å². The average molecular weight is 369 g/mol. The van der Waals surface area contributed by atoms with Gasteiger partial charge in [-0.05, 0) is 19.9 Å². The summed E-state index contributed by atoms with van der Waals surface area (Å²) in [4.78, 5) is 23.0. The molecule has 3 aromatic heterocycles. The van der Waals surface area contributed by atoms with Crippen LogP contribution in [0, 0.1) is 13.8 Å². The van der Waals surface area contributed by atoms with Crippen LogP contribution in [0.25, 0.3) is 16.3 Å². The maximum Gasteiger partial charge on any atom is 0.258 e. The van der Waals surface area contributed by atoms with Crippen LogP contribution in [0.1, 0.15) is 16.1 Å². The third-order valence-electron chi connectivity index (χ3n) is 3.64. The molecule has 0 amide bonds. The van der Waals surface area contributed by atoms with Crippen LogP contribution in [-0.4, -0.2) is 24.6 Å². The third-order valence-corrected chi connectivity index (χ3v) is 5.42. The van der Waals surface area contributed by atoms with E-state index in [9.17, 15) is 4.79 Å². The number of nitrogens with one attached hydrogen (secondary N) is 1. The maximum absolute atomic E-state index is 12.1. The van der Waals surface area contributed by atoms with Crippen molar-refractivity contribution in [3.63, 3.8) is 0 Å². The Labute approximate surface area is 152 Å². The second kappa shape index (κ2) is 6.45. The molecule has 4 aromatic rings. The average Bonchev–Trinajstić information content (AvgIpc) is 3.19.